The van der Waals surface area contributed by atoms with E-state index in [4.69, 9.17) is 9.47 Å². The first kappa shape index (κ1) is 18.8. The van der Waals surface area contributed by atoms with Gasteiger partial charge in [-0.05, 0) is 36.2 Å². The van der Waals surface area contributed by atoms with Gasteiger partial charge in [-0.1, -0.05) is 0 Å². The monoisotopic (exact) mass is 386 g/mol. The van der Waals surface area contributed by atoms with Crippen LogP contribution in [-0.4, -0.2) is 58.0 Å². The highest BCUT2D eigenvalue weighted by Crippen LogP contribution is 2.35. The Kier molecular flexibility index (Phi) is 4.99. The van der Waals surface area contributed by atoms with Crippen LogP contribution < -0.4 is 9.47 Å². The number of carbonyl (C=O) groups excluding carboxylic acids is 1. The fraction of sp³-hybridized carbons (Fsp3) is 0.500. The Hall–Kier alpha value is -2.58. The first-order chi connectivity index (χ1) is 13.4. The minimum absolute atomic E-state index is 0.0452. The third-order valence-electron chi connectivity index (χ3n) is 5.33. The number of hydrogen-bond acceptors (Lipinski definition) is 6. The summed E-state index contributed by atoms with van der Waals surface area (Å²) in [5.74, 6) is 1.50. The van der Waals surface area contributed by atoms with Crippen LogP contribution in [0.1, 0.15) is 35.0 Å². The van der Waals surface area contributed by atoms with Gasteiger partial charge >= 0.3 is 0 Å². The van der Waals surface area contributed by atoms with E-state index >= 15 is 0 Å². The van der Waals surface area contributed by atoms with Crippen molar-refractivity contribution in [1.82, 2.24) is 19.6 Å². The topological polar surface area (TPSA) is 80.1 Å². The minimum Gasteiger partial charge on any atom is -0.454 e. The molecule has 2 aliphatic rings. The van der Waals surface area contributed by atoms with E-state index in [9.17, 15) is 9.90 Å². The van der Waals surface area contributed by atoms with E-state index < -0.39 is 6.10 Å². The van der Waals surface area contributed by atoms with Crippen LogP contribution in [0.25, 0.3) is 0 Å². The maximum atomic E-state index is 11.8. The molecule has 0 unspecified atom stereocenters. The zero-order chi connectivity index (χ0) is 19.8. The first-order valence-corrected chi connectivity index (χ1v) is 9.47. The smallest absolute Gasteiger partial charge is 0.231 e. The number of aromatic nitrogens is 2. The van der Waals surface area contributed by atoms with Crippen molar-refractivity contribution in [2.45, 2.75) is 39.1 Å². The van der Waals surface area contributed by atoms with Crippen LogP contribution in [0.4, 0.5) is 0 Å². The van der Waals surface area contributed by atoms with E-state index in [1.807, 2.05) is 16.8 Å². The molecule has 0 bridgehead atoms. The summed E-state index contributed by atoms with van der Waals surface area (Å²) in [4.78, 5) is 15.7. The van der Waals surface area contributed by atoms with Crippen molar-refractivity contribution in [2.75, 3.05) is 27.4 Å². The standard InChI is InChI=1S/C20H26N4O4/c1-13-6-18-19(28-12-27-18)7-14(13)10-23-4-5-24-15(11-23)8-16(21-24)17(25)9-20(26)22(2)3/h6-8,17,25H,4-5,9-12H2,1-3H3/t17-/m0/s1. The summed E-state index contributed by atoms with van der Waals surface area (Å²) in [6.45, 7) is 5.55. The van der Waals surface area contributed by atoms with Gasteiger partial charge in [0.05, 0.1) is 24.4 Å². The van der Waals surface area contributed by atoms with Gasteiger partial charge in [-0.2, -0.15) is 5.10 Å². The van der Waals surface area contributed by atoms with E-state index in [-0.39, 0.29) is 19.1 Å². The van der Waals surface area contributed by atoms with Crippen molar-refractivity contribution >= 4 is 5.91 Å². The molecule has 0 radical (unpaired) electrons. The molecule has 1 amide bonds. The van der Waals surface area contributed by atoms with Crippen molar-refractivity contribution in [3.63, 3.8) is 0 Å². The summed E-state index contributed by atoms with van der Waals surface area (Å²) in [5, 5.41) is 14.9. The lowest BCUT2D eigenvalue weighted by atomic mass is 10.1. The molecule has 28 heavy (non-hydrogen) atoms. The molecule has 1 N–H and O–H groups in total. The summed E-state index contributed by atoms with van der Waals surface area (Å²) in [7, 11) is 3.37. The van der Waals surface area contributed by atoms with E-state index in [0.29, 0.717) is 5.69 Å². The highest BCUT2D eigenvalue weighted by molar-refractivity contribution is 5.76. The second-order valence-electron chi connectivity index (χ2n) is 7.63. The molecule has 0 aliphatic carbocycles. The summed E-state index contributed by atoms with van der Waals surface area (Å²) in [6.07, 6.45) is -0.832. The number of aliphatic hydroxyl groups excluding tert-OH is 1. The Labute approximate surface area is 164 Å². The minimum atomic E-state index is -0.877. The second-order valence-corrected chi connectivity index (χ2v) is 7.63. The number of hydrogen-bond donors (Lipinski definition) is 1. The van der Waals surface area contributed by atoms with Crippen LogP contribution in [0.15, 0.2) is 18.2 Å². The first-order valence-electron chi connectivity index (χ1n) is 9.47. The molecule has 150 valence electrons. The van der Waals surface area contributed by atoms with Crippen LogP contribution in [0.3, 0.4) is 0 Å². The van der Waals surface area contributed by atoms with Crippen LogP contribution in [0.2, 0.25) is 0 Å². The Balaban J connectivity index is 1.44. The normalized spacial score (nSPS) is 16.7. The average molecular weight is 386 g/mol. The predicted molar refractivity (Wildman–Crippen MR) is 102 cm³/mol. The summed E-state index contributed by atoms with van der Waals surface area (Å²) in [6, 6.07) is 6.00. The Morgan fingerprint density at radius 2 is 2.00 bits per heavy atom. The molecule has 1 atom stereocenters. The molecule has 4 rings (SSSR count). The number of rotatable bonds is 5. The number of amides is 1. The van der Waals surface area contributed by atoms with E-state index in [2.05, 4.69) is 23.0 Å². The molecule has 0 saturated heterocycles. The Morgan fingerprint density at radius 3 is 2.75 bits per heavy atom. The average Bonchev–Trinajstić information content (AvgIpc) is 3.27. The number of carbonyl (C=O) groups is 1. The Morgan fingerprint density at radius 1 is 1.25 bits per heavy atom. The Bertz CT molecular complexity index is 893. The lowest BCUT2D eigenvalue weighted by Crippen LogP contribution is -2.33. The van der Waals surface area contributed by atoms with Gasteiger partial charge in [-0.25, -0.2) is 0 Å². The molecule has 1 aromatic carbocycles. The molecule has 0 fully saturated rings. The number of nitrogens with zero attached hydrogens (tertiary/aromatic N) is 4. The molecular formula is C20H26N4O4. The number of benzene rings is 1. The molecule has 1 aromatic heterocycles. The molecule has 8 heteroatoms. The lowest BCUT2D eigenvalue weighted by Gasteiger charge is -2.28. The molecule has 0 spiro atoms. The largest absolute Gasteiger partial charge is 0.454 e. The van der Waals surface area contributed by atoms with Crippen LogP contribution >= 0.6 is 0 Å². The number of aryl methyl sites for hydroxylation is 1. The molecule has 2 aromatic rings. The third-order valence-corrected chi connectivity index (χ3v) is 5.33. The molecule has 8 nitrogen and oxygen atoms in total. The summed E-state index contributed by atoms with van der Waals surface area (Å²) in [5.41, 5.74) is 4.01. The number of fused-ring (bicyclic) bond motifs is 2. The fourth-order valence-electron chi connectivity index (χ4n) is 3.59. The van der Waals surface area contributed by atoms with Crippen molar-refractivity contribution in [3.05, 3.63) is 40.7 Å². The lowest BCUT2D eigenvalue weighted by molar-refractivity contribution is -0.130. The number of ether oxygens (including phenoxy) is 2. The van der Waals surface area contributed by atoms with Gasteiger partial charge in [0.2, 0.25) is 12.7 Å². The van der Waals surface area contributed by atoms with Crippen molar-refractivity contribution in [2.24, 2.45) is 0 Å². The maximum Gasteiger partial charge on any atom is 0.231 e. The molecule has 3 heterocycles. The van der Waals surface area contributed by atoms with Crippen molar-refractivity contribution < 1.29 is 19.4 Å². The molecular weight excluding hydrogens is 360 g/mol. The van der Waals surface area contributed by atoms with Crippen molar-refractivity contribution in [3.8, 4) is 11.5 Å². The predicted octanol–water partition coefficient (Wildman–Crippen LogP) is 1.45. The maximum absolute atomic E-state index is 11.8. The van der Waals surface area contributed by atoms with Crippen molar-refractivity contribution in [1.29, 1.82) is 0 Å². The number of aliphatic hydroxyl groups is 1. The highest BCUT2D eigenvalue weighted by atomic mass is 16.7. The van der Waals surface area contributed by atoms with Gasteiger partial charge in [0.1, 0.15) is 6.10 Å². The van der Waals surface area contributed by atoms with Gasteiger partial charge in [0.15, 0.2) is 11.5 Å². The zero-order valence-corrected chi connectivity index (χ0v) is 16.5. The van der Waals surface area contributed by atoms with Crippen LogP contribution in [-0.2, 0) is 24.4 Å². The summed E-state index contributed by atoms with van der Waals surface area (Å²) < 4.78 is 12.9. The van der Waals surface area contributed by atoms with Gasteiger partial charge in [-0.3, -0.25) is 14.4 Å². The quantitative estimate of drug-likeness (QED) is 0.838. The van der Waals surface area contributed by atoms with E-state index in [1.54, 1.807) is 14.1 Å². The van der Waals surface area contributed by atoms with Gasteiger partial charge in [0.25, 0.3) is 0 Å². The highest BCUT2D eigenvalue weighted by Gasteiger charge is 2.24. The summed E-state index contributed by atoms with van der Waals surface area (Å²) >= 11 is 0. The second kappa shape index (κ2) is 7.44. The van der Waals surface area contributed by atoms with Gasteiger partial charge in [0, 0.05) is 33.7 Å². The molecule has 0 saturated carbocycles. The van der Waals surface area contributed by atoms with Gasteiger partial charge in [-0.15, -0.1) is 0 Å². The third kappa shape index (κ3) is 3.70. The fourth-order valence-corrected chi connectivity index (χ4v) is 3.59. The molecule has 2 aliphatic heterocycles. The van der Waals surface area contributed by atoms with Gasteiger partial charge < -0.3 is 19.5 Å². The van der Waals surface area contributed by atoms with Crippen LogP contribution in [0, 0.1) is 6.92 Å². The zero-order valence-electron chi connectivity index (χ0n) is 16.5. The SMILES string of the molecule is Cc1cc2c(cc1CN1CCn3nc([C@@H](O)CC(=O)N(C)C)cc3C1)OCO2. The van der Waals surface area contributed by atoms with E-state index in [0.717, 1.165) is 43.4 Å². The van der Waals surface area contributed by atoms with E-state index in [1.165, 1.54) is 16.0 Å². The van der Waals surface area contributed by atoms with Crippen LogP contribution in [0.5, 0.6) is 11.5 Å².